The third kappa shape index (κ3) is 11.7. The minimum absolute atomic E-state index is 0.0262. The van der Waals surface area contributed by atoms with E-state index in [1.54, 1.807) is 0 Å². The lowest BCUT2D eigenvalue weighted by Gasteiger charge is -2.25. The van der Waals surface area contributed by atoms with Crippen molar-refractivity contribution in [2.24, 2.45) is 23.1 Å². The van der Waals surface area contributed by atoms with E-state index in [-0.39, 0.29) is 30.9 Å². The number of phenols is 1. The molecular weight excluding hydrogens is 500 g/mol. The summed E-state index contributed by atoms with van der Waals surface area (Å²) >= 11 is 0. The number of primary amides is 2. The van der Waals surface area contributed by atoms with Gasteiger partial charge in [-0.2, -0.15) is 0 Å². The van der Waals surface area contributed by atoms with Gasteiger partial charge in [0.25, 0.3) is 0 Å². The first-order valence-electron chi connectivity index (χ1n) is 11.9. The third-order valence-corrected chi connectivity index (χ3v) is 5.40. The van der Waals surface area contributed by atoms with Gasteiger partial charge in [0.1, 0.15) is 23.9 Å². The highest BCUT2D eigenvalue weighted by atomic mass is 16.4. The van der Waals surface area contributed by atoms with Gasteiger partial charge in [0.15, 0.2) is 0 Å². The van der Waals surface area contributed by atoms with Crippen molar-refractivity contribution in [3.63, 3.8) is 0 Å². The lowest BCUT2D eigenvalue weighted by molar-refractivity contribution is -0.142. The lowest BCUT2D eigenvalue weighted by Crippen LogP contribution is -2.58. The summed E-state index contributed by atoms with van der Waals surface area (Å²) in [7, 11) is 0. The van der Waals surface area contributed by atoms with E-state index in [1.165, 1.54) is 24.3 Å². The first-order valence-corrected chi connectivity index (χ1v) is 11.9. The second-order valence-corrected chi connectivity index (χ2v) is 9.30. The topological polar surface area (TPSA) is 257 Å². The van der Waals surface area contributed by atoms with Crippen LogP contribution in [0.15, 0.2) is 24.3 Å². The standard InChI is InChI=1S/C24H36N6O8/c1-12(2)9-15(25)21(34)29-17(11-20(27)33)23(36)28-16(7-8-19(26)32)22(35)30-18(24(37)38)10-13-3-5-14(31)6-4-13/h3-6,12,15-18,31H,7-11,25H2,1-2H3,(H2,26,32)(H2,27,33)(H,28,36)(H,29,34)(H,30,35)(H,37,38). The first kappa shape index (κ1) is 31.8. The summed E-state index contributed by atoms with van der Waals surface area (Å²) in [5, 5.41) is 26.0. The molecule has 210 valence electrons. The molecule has 0 saturated heterocycles. The van der Waals surface area contributed by atoms with Crippen LogP contribution in [0, 0.1) is 5.92 Å². The van der Waals surface area contributed by atoms with Crippen molar-refractivity contribution in [2.45, 2.75) is 70.1 Å². The van der Waals surface area contributed by atoms with Crippen LogP contribution in [0.3, 0.4) is 0 Å². The van der Waals surface area contributed by atoms with Crippen molar-refractivity contribution < 1.29 is 39.0 Å². The van der Waals surface area contributed by atoms with E-state index in [4.69, 9.17) is 17.2 Å². The van der Waals surface area contributed by atoms with Crippen LogP contribution in [0.4, 0.5) is 0 Å². The molecule has 11 N–H and O–H groups in total. The van der Waals surface area contributed by atoms with Crippen molar-refractivity contribution >= 4 is 35.5 Å². The zero-order chi connectivity index (χ0) is 29.0. The van der Waals surface area contributed by atoms with Crippen LogP contribution in [0.5, 0.6) is 5.75 Å². The lowest BCUT2D eigenvalue weighted by atomic mass is 10.0. The Morgan fingerprint density at radius 3 is 1.84 bits per heavy atom. The van der Waals surface area contributed by atoms with E-state index >= 15 is 0 Å². The SMILES string of the molecule is CC(C)CC(N)C(=O)NC(CC(N)=O)C(=O)NC(CCC(N)=O)C(=O)NC(Cc1ccc(O)cc1)C(=O)O. The zero-order valence-corrected chi connectivity index (χ0v) is 21.3. The maximum atomic E-state index is 13.0. The molecule has 4 unspecified atom stereocenters. The number of hydrogen-bond donors (Lipinski definition) is 8. The van der Waals surface area contributed by atoms with E-state index in [0.717, 1.165) is 0 Å². The Bertz CT molecular complexity index is 1010. The summed E-state index contributed by atoms with van der Waals surface area (Å²) in [5.41, 5.74) is 16.7. The molecule has 5 amide bonds. The minimum Gasteiger partial charge on any atom is -0.508 e. The Morgan fingerprint density at radius 1 is 0.816 bits per heavy atom. The maximum absolute atomic E-state index is 13.0. The number of nitrogens with two attached hydrogens (primary N) is 3. The summed E-state index contributed by atoms with van der Waals surface area (Å²) in [4.78, 5) is 73.0. The highest BCUT2D eigenvalue weighted by molar-refractivity contribution is 5.96. The molecule has 1 rings (SSSR count). The summed E-state index contributed by atoms with van der Waals surface area (Å²) in [5.74, 6) is -5.64. The van der Waals surface area contributed by atoms with Crippen LogP contribution >= 0.6 is 0 Å². The van der Waals surface area contributed by atoms with Crippen LogP contribution in [-0.4, -0.2) is 69.9 Å². The van der Waals surface area contributed by atoms with E-state index in [0.29, 0.717) is 12.0 Å². The number of carbonyl (C=O) groups excluding carboxylic acids is 5. The highest BCUT2D eigenvalue weighted by Gasteiger charge is 2.31. The number of carboxylic acid groups (broad SMARTS) is 1. The van der Waals surface area contributed by atoms with Gasteiger partial charge in [0, 0.05) is 12.8 Å². The average Bonchev–Trinajstić information content (AvgIpc) is 2.80. The monoisotopic (exact) mass is 536 g/mol. The second-order valence-electron chi connectivity index (χ2n) is 9.30. The van der Waals surface area contributed by atoms with E-state index in [2.05, 4.69) is 16.0 Å². The van der Waals surface area contributed by atoms with Gasteiger partial charge in [-0.3, -0.25) is 24.0 Å². The highest BCUT2D eigenvalue weighted by Crippen LogP contribution is 2.12. The Balaban J connectivity index is 3.06. The Morgan fingerprint density at radius 2 is 1.34 bits per heavy atom. The summed E-state index contributed by atoms with van der Waals surface area (Å²) < 4.78 is 0. The summed E-state index contributed by atoms with van der Waals surface area (Å²) in [6.07, 6.45) is -1.07. The number of rotatable bonds is 16. The van der Waals surface area contributed by atoms with Gasteiger partial charge in [-0.15, -0.1) is 0 Å². The molecule has 0 aliphatic heterocycles. The molecule has 4 atom stereocenters. The van der Waals surface area contributed by atoms with Gasteiger partial charge in [-0.1, -0.05) is 26.0 Å². The van der Waals surface area contributed by atoms with Gasteiger partial charge in [-0.05, 0) is 36.5 Å². The number of amides is 5. The van der Waals surface area contributed by atoms with E-state index in [1.807, 2.05) is 13.8 Å². The Kier molecular flexibility index (Phi) is 12.7. The fourth-order valence-corrected chi connectivity index (χ4v) is 3.47. The molecule has 0 spiro atoms. The molecule has 14 nitrogen and oxygen atoms in total. The molecule has 0 aromatic heterocycles. The zero-order valence-electron chi connectivity index (χ0n) is 21.3. The molecule has 0 saturated carbocycles. The van der Waals surface area contributed by atoms with Crippen LogP contribution < -0.4 is 33.2 Å². The molecule has 0 heterocycles. The molecule has 1 aromatic rings. The number of phenolic OH excluding ortho intramolecular Hbond substituents is 1. The van der Waals surface area contributed by atoms with Crippen molar-refractivity contribution in [3.8, 4) is 5.75 Å². The number of nitrogens with one attached hydrogen (secondary N) is 3. The van der Waals surface area contributed by atoms with E-state index in [9.17, 15) is 39.0 Å². The Labute approximate surface area is 219 Å². The fourth-order valence-electron chi connectivity index (χ4n) is 3.47. The smallest absolute Gasteiger partial charge is 0.326 e. The van der Waals surface area contributed by atoms with Crippen LogP contribution in [0.25, 0.3) is 0 Å². The minimum atomic E-state index is -1.48. The quantitative estimate of drug-likeness (QED) is 0.116. The van der Waals surface area contributed by atoms with Gasteiger partial charge in [0.2, 0.25) is 29.5 Å². The van der Waals surface area contributed by atoms with Crippen molar-refractivity contribution in [1.29, 1.82) is 0 Å². The number of carbonyl (C=O) groups is 6. The predicted molar refractivity (Wildman–Crippen MR) is 135 cm³/mol. The first-order chi connectivity index (χ1) is 17.7. The van der Waals surface area contributed by atoms with Crippen molar-refractivity contribution in [2.75, 3.05) is 0 Å². The second kappa shape index (κ2) is 15.1. The van der Waals surface area contributed by atoms with Crippen LogP contribution in [-0.2, 0) is 35.2 Å². The number of carboxylic acids is 1. The van der Waals surface area contributed by atoms with Gasteiger partial charge < -0.3 is 43.4 Å². The molecular formula is C24H36N6O8. The molecule has 38 heavy (non-hydrogen) atoms. The molecule has 0 radical (unpaired) electrons. The van der Waals surface area contributed by atoms with Crippen LogP contribution in [0.1, 0.15) is 45.1 Å². The number of aliphatic carboxylic acids is 1. The summed E-state index contributed by atoms with van der Waals surface area (Å²) in [6, 6.07) is 0.356. The molecule has 0 aliphatic rings. The number of hydrogen-bond acceptors (Lipinski definition) is 8. The van der Waals surface area contributed by atoms with Crippen molar-refractivity contribution in [3.05, 3.63) is 29.8 Å². The van der Waals surface area contributed by atoms with Gasteiger partial charge >= 0.3 is 5.97 Å². The molecule has 14 heteroatoms. The van der Waals surface area contributed by atoms with Crippen LogP contribution in [0.2, 0.25) is 0 Å². The Hall–Kier alpha value is -4.20. The molecule has 0 fully saturated rings. The van der Waals surface area contributed by atoms with Gasteiger partial charge in [0.05, 0.1) is 12.5 Å². The van der Waals surface area contributed by atoms with E-state index < -0.39 is 66.1 Å². The summed E-state index contributed by atoms with van der Waals surface area (Å²) in [6.45, 7) is 3.68. The van der Waals surface area contributed by atoms with Gasteiger partial charge in [-0.25, -0.2) is 4.79 Å². The number of aromatic hydroxyl groups is 1. The molecule has 0 aliphatic carbocycles. The number of benzene rings is 1. The molecule has 1 aromatic carbocycles. The van der Waals surface area contributed by atoms with Crippen molar-refractivity contribution in [1.82, 2.24) is 16.0 Å². The predicted octanol–water partition coefficient (Wildman–Crippen LogP) is -2.01. The normalized spacial score (nSPS) is 14.0. The average molecular weight is 537 g/mol. The maximum Gasteiger partial charge on any atom is 0.326 e. The largest absolute Gasteiger partial charge is 0.508 e. The third-order valence-electron chi connectivity index (χ3n) is 5.40. The fraction of sp³-hybridized carbons (Fsp3) is 0.500. The molecule has 0 bridgehead atoms.